The van der Waals surface area contributed by atoms with Gasteiger partial charge in [-0.05, 0) is 6.92 Å². The molecule has 1 unspecified atom stereocenters. The van der Waals surface area contributed by atoms with Gasteiger partial charge in [0, 0.05) is 6.07 Å². The fourth-order valence-electron chi connectivity index (χ4n) is 1.30. The van der Waals surface area contributed by atoms with Crippen molar-refractivity contribution in [3.63, 3.8) is 0 Å². The molecular weight excluding hydrogens is 268 g/mol. The van der Waals surface area contributed by atoms with Crippen LogP contribution >= 0.6 is 0 Å². The van der Waals surface area contributed by atoms with Crippen LogP contribution in [0.5, 0.6) is 0 Å². The normalized spacial score (nSPS) is 13.3. The van der Waals surface area contributed by atoms with Crippen molar-refractivity contribution in [1.29, 1.82) is 0 Å². The fraction of sp³-hybridized carbons (Fsp3) is 0.333. The average molecular weight is 276 g/mol. The highest BCUT2D eigenvalue weighted by atomic mass is 19.4. The van der Waals surface area contributed by atoms with Gasteiger partial charge in [-0.1, -0.05) is 0 Å². The molecule has 0 aliphatic heterocycles. The molecule has 102 valence electrons. The van der Waals surface area contributed by atoms with Gasteiger partial charge >= 0.3 is 6.18 Å². The Morgan fingerprint density at radius 3 is 2.63 bits per heavy atom. The van der Waals surface area contributed by atoms with E-state index < -0.39 is 24.0 Å². The van der Waals surface area contributed by atoms with Gasteiger partial charge in [0.25, 0.3) is 5.82 Å². The lowest BCUT2D eigenvalue weighted by atomic mass is 10.3. The predicted molar refractivity (Wildman–Crippen MR) is 55.4 cm³/mol. The minimum absolute atomic E-state index is 0.0358. The van der Waals surface area contributed by atoms with Crippen LogP contribution in [0.4, 0.5) is 23.4 Å². The molecule has 0 saturated heterocycles. The highest BCUT2D eigenvalue weighted by Gasteiger charge is 2.36. The Morgan fingerprint density at radius 2 is 2.05 bits per heavy atom. The van der Waals surface area contributed by atoms with Gasteiger partial charge in [-0.2, -0.15) is 17.6 Å². The maximum absolute atomic E-state index is 12.8. The number of H-pyrrole nitrogens is 1. The Balaban J connectivity index is 2.12. The Bertz CT molecular complexity index is 566. The predicted octanol–water partition coefficient (Wildman–Crippen LogP) is 1.93. The molecule has 0 fully saturated rings. The third kappa shape index (κ3) is 3.14. The van der Waals surface area contributed by atoms with E-state index >= 15 is 0 Å². The van der Waals surface area contributed by atoms with Gasteiger partial charge in [-0.3, -0.25) is 5.10 Å². The second kappa shape index (κ2) is 4.78. The lowest BCUT2D eigenvalue weighted by Gasteiger charge is -2.10. The number of anilines is 1. The molecule has 19 heavy (non-hydrogen) atoms. The van der Waals surface area contributed by atoms with Crippen molar-refractivity contribution in [2.45, 2.75) is 19.1 Å². The van der Waals surface area contributed by atoms with Crippen molar-refractivity contribution in [3.8, 4) is 0 Å². The molecule has 0 bridgehead atoms. The van der Waals surface area contributed by atoms with E-state index in [1.54, 1.807) is 0 Å². The van der Waals surface area contributed by atoms with Gasteiger partial charge < -0.3 is 5.32 Å². The van der Waals surface area contributed by atoms with Crippen LogP contribution in [0.3, 0.4) is 0 Å². The minimum Gasteiger partial charge on any atom is -0.360 e. The lowest BCUT2D eigenvalue weighted by Crippen LogP contribution is -2.11. The molecule has 6 nitrogen and oxygen atoms in total. The summed E-state index contributed by atoms with van der Waals surface area (Å²) in [6.45, 7) is 1.53. The molecule has 0 aromatic carbocycles. The number of nitrogens with zero attached hydrogens (tertiary/aromatic N) is 4. The molecule has 0 spiro atoms. The van der Waals surface area contributed by atoms with E-state index in [1.165, 1.54) is 6.92 Å². The molecule has 2 rings (SSSR count). The average Bonchev–Trinajstić information content (AvgIpc) is 2.77. The van der Waals surface area contributed by atoms with Crippen molar-refractivity contribution in [3.05, 3.63) is 30.0 Å². The first kappa shape index (κ1) is 13.2. The van der Waals surface area contributed by atoms with E-state index in [0.717, 1.165) is 12.4 Å². The number of rotatable bonds is 3. The SMILES string of the molecule is CC(Nc1cc(F)ncn1)c1nc(C(F)(F)F)n[nH]1. The third-order valence-electron chi connectivity index (χ3n) is 2.16. The standard InChI is InChI=1S/C9H8F4N6/c1-4(16-6-2-5(10)14-3-15-6)7-17-8(19-18-7)9(11,12)13/h2-4H,1H3,(H,14,15,16)(H,17,18,19). The summed E-state index contributed by atoms with van der Waals surface area (Å²) in [4.78, 5) is 10.3. The van der Waals surface area contributed by atoms with Gasteiger partial charge in [-0.15, -0.1) is 5.10 Å². The second-order valence-corrected chi connectivity index (χ2v) is 3.63. The van der Waals surface area contributed by atoms with E-state index in [9.17, 15) is 17.6 Å². The van der Waals surface area contributed by atoms with Crippen molar-refractivity contribution in [1.82, 2.24) is 25.1 Å². The van der Waals surface area contributed by atoms with Gasteiger partial charge in [0.2, 0.25) is 5.95 Å². The summed E-state index contributed by atoms with van der Waals surface area (Å²) in [7, 11) is 0. The van der Waals surface area contributed by atoms with Gasteiger partial charge in [0.15, 0.2) is 0 Å². The maximum atomic E-state index is 12.8. The van der Waals surface area contributed by atoms with Crippen molar-refractivity contribution < 1.29 is 17.6 Å². The molecule has 2 heterocycles. The molecule has 10 heteroatoms. The molecule has 0 saturated carbocycles. The van der Waals surface area contributed by atoms with Crippen LogP contribution in [-0.4, -0.2) is 25.1 Å². The molecule has 2 aromatic heterocycles. The summed E-state index contributed by atoms with van der Waals surface area (Å²) in [5, 5.41) is 7.90. The first-order valence-electron chi connectivity index (χ1n) is 5.10. The maximum Gasteiger partial charge on any atom is 0.453 e. The number of nitrogens with one attached hydrogen (secondary N) is 2. The first-order valence-corrected chi connectivity index (χ1v) is 5.10. The minimum atomic E-state index is -4.62. The molecule has 2 aromatic rings. The molecule has 0 aliphatic rings. The Labute approximate surface area is 104 Å². The topological polar surface area (TPSA) is 79.4 Å². The van der Waals surface area contributed by atoms with Gasteiger partial charge in [-0.25, -0.2) is 15.0 Å². The molecule has 0 radical (unpaired) electrons. The fourth-order valence-corrected chi connectivity index (χ4v) is 1.30. The molecular formula is C9H8F4N6. The molecule has 0 aliphatic carbocycles. The Kier molecular flexibility index (Phi) is 3.32. The zero-order valence-corrected chi connectivity index (χ0v) is 9.53. The van der Waals surface area contributed by atoms with E-state index in [0.29, 0.717) is 0 Å². The number of halogens is 4. The zero-order valence-electron chi connectivity index (χ0n) is 9.53. The highest BCUT2D eigenvalue weighted by molar-refractivity contribution is 5.34. The van der Waals surface area contributed by atoms with Crippen LogP contribution in [0.15, 0.2) is 12.4 Å². The van der Waals surface area contributed by atoms with E-state index in [4.69, 9.17) is 0 Å². The van der Waals surface area contributed by atoms with Crippen molar-refractivity contribution in [2.75, 3.05) is 5.32 Å². The molecule has 2 N–H and O–H groups in total. The van der Waals surface area contributed by atoms with E-state index in [-0.39, 0.29) is 11.6 Å². The number of aromatic amines is 1. The summed E-state index contributed by atoms with van der Waals surface area (Å²) in [5.41, 5.74) is 0. The van der Waals surface area contributed by atoms with E-state index in [2.05, 4.69) is 30.5 Å². The summed E-state index contributed by atoms with van der Waals surface area (Å²) in [6, 6.07) is 0.357. The smallest absolute Gasteiger partial charge is 0.360 e. The monoisotopic (exact) mass is 276 g/mol. The van der Waals surface area contributed by atoms with E-state index in [1.807, 2.05) is 0 Å². The van der Waals surface area contributed by atoms with Crippen LogP contribution < -0.4 is 5.32 Å². The quantitative estimate of drug-likeness (QED) is 0.661. The van der Waals surface area contributed by atoms with Crippen LogP contribution in [0.1, 0.15) is 24.6 Å². The Morgan fingerprint density at radius 1 is 1.32 bits per heavy atom. The Hall–Kier alpha value is -2.26. The number of alkyl halides is 3. The summed E-state index contributed by atoms with van der Waals surface area (Å²) >= 11 is 0. The molecule has 1 atom stereocenters. The summed E-state index contributed by atoms with van der Waals surface area (Å²) in [5.74, 6) is -1.92. The number of aromatic nitrogens is 5. The van der Waals surface area contributed by atoms with Crippen LogP contribution in [0.25, 0.3) is 0 Å². The number of hydrogen-bond donors (Lipinski definition) is 2. The van der Waals surface area contributed by atoms with Crippen LogP contribution in [0.2, 0.25) is 0 Å². The summed E-state index contributed by atoms with van der Waals surface area (Å²) < 4.78 is 49.7. The van der Waals surface area contributed by atoms with Crippen LogP contribution in [-0.2, 0) is 6.18 Å². The lowest BCUT2D eigenvalue weighted by molar-refractivity contribution is -0.144. The van der Waals surface area contributed by atoms with Crippen molar-refractivity contribution in [2.24, 2.45) is 0 Å². The molecule has 0 amide bonds. The first-order chi connectivity index (χ1) is 8.86. The second-order valence-electron chi connectivity index (χ2n) is 3.63. The van der Waals surface area contributed by atoms with Crippen molar-refractivity contribution >= 4 is 5.82 Å². The number of hydrogen-bond acceptors (Lipinski definition) is 5. The summed E-state index contributed by atoms with van der Waals surface area (Å²) in [6.07, 6.45) is -3.62. The van der Waals surface area contributed by atoms with Gasteiger partial charge in [0.05, 0.1) is 6.04 Å². The third-order valence-corrected chi connectivity index (χ3v) is 2.16. The highest BCUT2D eigenvalue weighted by Crippen LogP contribution is 2.26. The van der Waals surface area contributed by atoms with Gasteiger partial charge in [0.1, 0.15) is 18.0 Å². The zero-order chi connectivity index (χ0) is 14.0. The largest absolute Gasteiger partial charge is 0.453 e. The van der Waals surface area contributed by atoms with Crippen LogP contribution in [0, 0.1) is 5.95 Å².